The number of hydrogen-bond acceptors (Lipinski definition) is 6. The second-order valence-corrected chi connectivity index (χ2v) is 3.56. The third kappa shape index (κ3) is 2.66. The Bertz CT molecular complexity index is 415. The van der Waals surface area contributed by atoms with Crippen LogP contribution in [-0.2, 0) is 6.54 Å². The molecule has 0 unspecified atom stereocenters. The fraction of sp³-hybridized carbons (Fsp3) is 0.250. The largest absolute Gasteiger partial charge is 0.363 e. The number of aromatic nitrogens is 5. The summed E-state index contributed by atoms with van der Waals surface area (Å²) in [5.74, 6) is 1.56. The minimum atomic E-state index is 0.574. The van der Waals surface area contributed by atoms with Gasteiger partial charge in [-0.1, -0.05) is 0 Å². The number of thioether (sulfide) groups is 1. The Kier molecular flexibility index (Phi) is 3.13. The zero-order valence-electron chi connectivity index (χ0n) is 8.14. The van der Waals surface area contributed by atoms with Crippen molar-refractivity contribution in [3.63, 3.8) is 0 Å². The molecule has 7 heteroatoms. The molecule has 0 amide bonds. The maximum atomic E-state index is 4.09. The van der Waals surface area contributed by atoms with Crippen LogP contribution in [0.25, 0.3) is 0 Å². The maximum Gasteiger partial charge on any atom is 0.143 e. The SMILES string of the molecule is CSc1cc(NCc2ncn[nH]2)ncn1. The fourth-order valence-electron chi connectivity index (χ4n) is 1.04. The van der Waals surface area contributed by atoms with E-state index in [1.54, 1.807) is 11.8 Å². The Morgan fingerprint density at radius 3 is 3.00 bits per heavy atom. The Morgan fingerprint density at radius 2 is 2.27 bits per heavy atom. The average Bonchev–Trinajstić information content (AvgIpc) is 2.79. The Labute approximate surface area is 90.9 Å². The summed E-state index contributed by atoms with van der Waals surface area (Å²) in [6, 6.07) is 1.89. The number of H-pyrrole nitrogens is 1. The molecule has 0 aromatic carbocycles. The van der Waals surface area contributed by atoms with Gasteiger partial charge in [0.05, 0.1) is 6.54 Å². The molecule has 0 aliphatic heterocycles. The molecule has 15 heavy (non-hydrogen) atoms. The number of nitrogens with zero attached hydrogens (tertiary/aromatic N) is 4. The third-order valence-corrected chi connectivity index (χ3v) is 2.39. The van der Waals surface area contributed by atoms with Crippen LogP contribution < -0.4 is 5.32 Å². The lowest BCUT2D eigenvalue weighted by Gasteiger charge is -2.03. The maximum absolute atomic E-state index is 4.09. The molecule has 0 saturated heterocycles. The summed E-state index contributed by atoms with van der Waals surface area (Å²) in [4.78, 5) is 12.2. The van der Waals surface area contributed by atoms with Crippen molar-refractivity contribution in [1.82, 2.24) is 25.1 Å². The lowest BCUT2D eigenvalue weighted by atomic mass is 10.5. The van der Waals surface area contributed by atoms with Gasteiger partial charge in [-0.3, -0.25) is 5.10 Å². The van der Waals surface area contributed by atoms with Gasteiger partial charge < -0.3 is 5.32 Å². The number of hydrogen-bond donors (Lipinski definition) is 2. The molecule has 2 aromatic rings. The molecule has 0 fully saturated rings. The second-order valence-electron chi connectivity index (χ2n) is 2.73. The van der Waals surface area contributed by atoms with Gasteiger partial charge in [0.1, 0.15) is 29.3 Å². The summed E-state index contributed by atoms with van der Waals surface area (Å²) in [5, 5.41) is 10.6. The molecule has 2 aromatic heterocycles. The van der Waals surface area contributed by atoms with Gasteiger partial charge in [0.25, 0.3) is 0 Å². The van der Waals surface area contributed by atoms with Gasteiger partial charge in [-0.05, 0) is 6.26 Å². The average molecular weight is 222 g/mol. The fourth-order valence-corrected chi connectivity index (χ4v) is 1.42. The van der Waals surface area contributed by atoms with Crippen LogP contribution in [0.15, 0.2) is 23.7 Å². The predicted molar refractivity (Wildman–Crippen MR) is 57.5 cm³/mol. The van der Waals surface area contributed by atoms with E-state index in [1.165, 1.54) is 12.7 Å². The smallest absolute Gasteiger partial charge is 0.143 e. The highest BCUT2D eigenvalue weighted by Gasteiger charge is 1.98. The van der Waals surface area contributed by atoms with E-state index in [4.69, 9.17) is 0 Å². The Morgan fingerprint density at radius 1 is 1.33 bits per heavy atom. The number of nitrogens with one attached hydrogen (secondary N) is 2. The molecule has 0 aliphatic rings. The van der Waals surface area contributed by atoms with Crippen molar-refractivity contribution in [3.8, 4) is 0 Å². The van der Waals surface area contributed by atoms with E-state index in [1.807, 2.05) is 12.3 Å². The van der Waals surface area contributed by atoms with Crippen LogP contribution >= 0.6 is 11.8 Å². The monoisotopic (exact) mass is 222 g/mol. The standard InChI is InChI=1S/C8H10N6S/c1-15-8-2-6(10-4-12-8)9-3-7-11-5-13-14-7/h2,4-5H,3H2,1H3,(H,9,10,12)(H,11,13,14). The predicted octanol–water partition coefficient (Wildman–Crippen LogP) is 0.929. The lowest BCUT2D eigenvalue weighted by Crippen LogP contribution is -2.03. The van der Waals surface area contributed by atoms with Crippen LogP contribution in [0.3, 0.4) is 0 Å². The van der Waals surface area contributed by atoms with E-state index in [-0.39, 0.29) is 0 Å². The molecular formula is C8H10N6S. The molecule has 6 nitrogen and oxygen atoms in total. The van der Waals surface area contributed by atoms with Gasteiger partial charge in [0.15, 0.2) is 0 Å². The first-order valence-corrected chi connectivity index (χ1v) is 5.55. The van der Waals surface area contributed by atoms with E-state index in [0.717, 1.165) is 16.7 Å². The second kappa shape index (κ2) is 4.74. The van der Waals surface area contributed by atoms with Crippen LogP contribution in [0.2, 0.25) is 0 Å². The highest BCUT2D eigenvalue weighted by molar-refractivity contribution is 7.98. The molecular weight excluding hydrogens is 212 g/mol. The summed E-state index contributed by atoms with van der Waals surface area (Å²) in [6.07, 6.45) is 4.99. The molecule has 0 aliphatic carbocycles. The van der Waals surface area contributed by atoms with Crippen molar-refractivity contribution in [1.29, 1.82) is 0 Å². The minimum Gasteiger partial charge on any atom is -0.363 e. The Balaban J connectivity index is 1.98. The van der Waals surface area contributed by atoms with Crippen molar-refractivity contribution >= 4 is 17.6 Å². The van der Waals surface area contributed by atoms with Crippen LogP contribution in [-0.4, -0.2) is 31.4 Å². The molecule has 0 saturated carbocycles. The van der Waals surface area contributed by atoms with E-state index < -0.39 is 0 Å². The quantitative estimate of drug-likeness (QED) is 0.591. The number of anilines is 1. The highest BCUT2D eigenvalue weighted by Crippen LogP contribution is 2.13. The summed E-state index contributed by atoms with van der Waals surface area (Å²) >= 11 is 1.58. The first kappa shape index (κ1) is 9.91. The van der Waals surface area contributed by atoms with Gasteiger partial charge in [-0.15, -0.1) is 11.8 Å². The molecule has 0 spiro atoms. The molecule has 2 rings (SSSR count). The normalized spacial score (nSPS) is 10.2. The molecule has 2 heterocycles. The van der Waals surface area contributed by atoms with Crippen LogP contribution in [0.1, 0.15) is 5.82 Å². The third-order valence-electron chi connectivity index (χ3n) is 1.75. The van der Waals surface area contributed by atoms with Crippen molar-refractivity contribution < 1.29 is 0 Å². The molecule has 0 radical (unpaired) electrons. The highest BCUT2D eigenvalue weighted by atomic mass is 32.2. The number of aromatic amines is 1. The molecule has 78 valence electrons. The van der Waals surface area contributed by atoms with E-state index in [2.05, 4.69) is 30.5 Å². The zero-order valence-corrected chi connectivity index (χ0v) is 8.95. The van der Waals surface area contributed by atoms with Crippen LogP contribution in [0.5, 0.6) is 0 Å². The van der Waals surface area contributed by atoms with Crippen molar-refractivity contribution in [3.05, 3.63) is 24.5 Å². The van der Waals surface area contributed by atoms with E-state index in [0.29, 0.717) is 6.54 Å². The van der Waals surface area contributed by atoms with Gasteiger partial charge in [-0.2, -0.15) is 5.10 Å². The van der Waals surface area contributed by atoms with Gasteiger partial charge in [-0.25, -0.2) is 15.0 Å². The van der Waals surface area contributed by atoms with Gasteiger partial charge in [0, 0.05) is 6.07 Å². The van der Waals surface area contributed by atoms with Gasteiger partial charge in [0.2, 0.25) is 0 Å². The van der Waals surface area contributed by atoms with Gasteiger partial charge >= 0.3 is 0 Å². The van der Waals surface area contributed by atoms with Crippen molar-refractivity contribution in [2.24, 2.45) is 0 Å². The van der Waals surface area contributed by atoms with Crippen molar-refractivity contribution in [2.75, 3.05) is 11.6 Å². The minimum absolute atomic E-state index is 0.574. The zero-order chi connectivity index (χ0) is 10.5. The lowest BCUT2D eigenvalue weighted by molar-refractivity contribution is 0.937. The number of rotatable bonds is 4. The first-order valence-electron chi connectivity index (χ1n) is 4.32. The molecule has 2 N–H and O–H groups in total. The molecule has 0 bridgehead atoms. The van der Waals surface area contributed by atoms with Crippen LogP contribution in [0, 0.1) is 0 Å². The summed E-state index contributed by atoms with van der Waals surface area (Å²) in [6.45, 7) is 0.574. The van der Waals surface area contributed by atoms with Crippen molar-refractivity contribution in [2.45, 2.75) is 11.6 Å². The Hall–Kier alpha value is -1.63. The molecule has 0 atom stereocenters. The summed E-state index contributed by atoms with van der Waals surface area (Å²) in [7, 11) is 0. The first-order chi connectivity index (χ1) is 7.38. The van der Waals surface area contributed by atoms with Crippen LogP contribution in [0.4, 0.5) is 5.82 Å². The van der Waals surface area contributed by atoms with E-state index in [9.17, 15) is 0 Å². The summed E-state index contributed by atoms with van der Waals surface area (Å²) < 4.78 is 0. The summed E-state index contributed by atoms with van der Waals surface area (Å²) in [5.41, 5.74) is 0. The van der Waals surface area contributed by atoms with E-state index >= 15 is 0 Å². The topological polar surface area (TPSA) is 79.4 Å².